The van der Waals surface area contributed by atoms with Crippen LogP contribution in [0.5, 0.6) is 0 Å². The van der Waals surface area contributed by atoms with E-state index in [0.717, 1.165) is 17.7 Å². The number of nitrogens with zero attached hydrogens (tertiary/aromatic N) is 1. The van der Waals surface area contributed by atoms with E-state index in [0.29, 0.717) is 24.8 Å². The molecule has 174 valence electrons. The van der Waals surface area contributed by atoms with Crippen LogP contribution in [0.15, 0.2) is 24.3 Å². The molecule has 8 heteroatoms. The molecule has 3 atom stereocenters. The molecule has 2 aliphatic rings. The van der Waals surface area contributed by atoms with Gasteiger partial charge in [-0.25, -0.2) is 0 Å². The Morgan fingerprint density at radius 2 is 1.94 bits per heavy atom. The number of hydrogen-bond donors (Lipinski definition) is 4. The highest BCUT2D eigenvalue weighted by Gasteiger charge is 2.28. The lowest BCUT2D eigenvalue weighted by Crippen LogP contribution is -2.47. The third-order valence-corrected chi connectivity index (χ3v) is 4.92. The number of benzene rings is 1. The van der Waals surface area contributed by atoms with Crippen LogP contribution >= 0.6 is 0 Å². The Kier molecular flexibility index (Phi) is 9.06. The summed E-state index contributed by atoms with van der Waals surface area (Å²) in [6.07, 6.45) is 2.43. The third-order valence-electron chi connectivity index (χ3n) is 4.92. The molecular formula is C24H35N5O3. The van der Waals surface area contributed by atoms with Gasteiger partial charge in [0.25, 0.3) is 0 Å². The Labute approximate surface area is 190 Å². The molecule has 3 amide bonds. The van der Waals surface area contributed by atoms with Gasteiger partial charge < -0.3 is 21.3 Å². The van der Waals surface area contributed by atoms with Crippen molar-refractivity contribution in [2.24, 2.45) is 11.3 Å². The summed E-state index contributed by atoms with van der Waals surface area (Å²) in [6.45, 7) is 9.20. The van der Waals surface area contributed by atoms with E-state index in [1.54, 1.807) is 0 Å². The molecule has 4 N–H and O–H groups in total. The Morgan fingerprint density at radius 1 is 1.25 bits per heavy atom. The second kappa shape index (κ2) is 11.5. The van der Waals surface area contributed by atoms with Crippen molar-refractivity contribution < 1.29 is 14.4 Å². The van der Waals surface area contributed by atoms with Crippen LogP contribution in [0.1, 0.15) is 52.5 Å². The number of amides is 3. The fourth-order valence-electron chi connectivity index (χ4n) is 3.48. The molecule has 1 saturated heterocycles. The topological polar surface area (TPSA) is 123 Å². The summed E-state index contributed by atoms with van der Waals surface area (Å²) in [5, 5.41) is 20.3. The van der Waals surface area contributed by atoms with Crippen LogP contribution < -0.4 is 21.3 Å². The number of carbonyl (C=O) groups excluding carboxylic acids is 3. The minimum atomic E-state index is -0.753. The second-order valence-corrected chi connectivity index (χ2v) is 9.89. The van der Waals surface area contributed by atoms with Crippen LogP contribution in [-0.4, -0.2) is 42.9 Å². The lowest BCUT2D eigenvalue weighted by atomic mass is 9.92. The van der Waals surface area contributed by atoms with Crippen molar-refractivity contribution in [3.63, 3.8) is 0 Å². The quantitative estimate of drug-likeness (QED) is 0.538. The number of fused-ring (bicyclic) bond motifs is 1. The van der Waals surface area contributed by atoms with Crippen LogP contribution in [-0.2, 0) is 20.8 Å². The highest BCUT2D eigenvalue weighted by molar-refractivity contribution is 5.91. The Morgan fingerprint density at radius 3 is 2.56 bits per heavy atom. The minimum Gasteiger partial charge on any atom is -0.373 e. The smallest absolute Gasteiger partial charge is 0.243 e. The molecule has 0 bridgehead atoms. The van der Waals surface area contributed by atoms with Gasteiger partial charge in [0.2, 0.25) is 17.7 Å². The third kappa shape index (κ3) is 8.58. The molecule has 0 aliphatic carbocycles. The van der Waals surface area contributed by atoms with Crippen LogP contribution in [0, 0.1) is 22.7 Å². The summed E-state index contributed by atoms with van der Waals surface area (Å²) in [4.78, 5) is 36.1. The molecule has 3 rings (SSSR count). The molecule has 2 aliphatic heterocycles. The monoisotopic (exact) mass is 441 g/mol. The van der Waals surface area contributed by atoms with Gasteiger partial charge in [0, 0.05) is 24.6 Å². The first-order valence-electron chi connectivity index (χ1n) is 11.2. The first kappa shape index (κ1) is 25.2. The molecule has 0 spiro atoms. The highest BCUT2D eigenvalue weighted by Crippen LogP contribution is 2.25. The van der Waals surface area contributed by atoms with E-state index in [1.807, 2.05) is 30.3 Å². The molecule has 32 heavy (non-hydrogen) atoms. The predicted molar refractivity (Wildman–Crippen MR) is 124 cm³/mol. The van der Waals surface area contributed by atoms with E-state index in [4.69, 9.17) is 0 Å². The molecule has 1 fully saturated rings. The molecule has 0 radical (unpaired) electrons. The van der Waals surface area contributed by atoms with Crippen LogP contribution in [0.2, 0.25) is 0 Å². The van der Waals surface area contributed by atoms with E-state index >= 15 is 0 Å². The van der Waals surface area contributed by atoms with Crippen molar-refractivity contribution in [1.29, 1.82) is 5.26 Å². The summed E-state index contributed by atoms with van der Waals surface area (Å²) in [5.41, 5.74) is 2.50. The predicted octanol–water partition coefficient (Wildman–Crippen LogP) is 2.12. The SMILES string of the molecule is CC(C)(C)C.N#C[C@H](C[C@@H]1CCCNC1=O)NC(=O)CNC(=O)C1Cc2ccccc2N1. The largest absolute Gasteiger partial charge is 0.373 e. The summed E-state index contributed by atoms with van der Waals surface area (Å²) >= 11 is 0. The summed E-state index contributed by atoms with van der Waals surface area (Å²) in [5.74, 6) is -1.04. The maximum absolute atomic E-state index is 12.3. The number of para-hydroxylation sites is 1. The van der Waals surface area contributed by atoms with Crippen molar-refractivity contribution in [2.45, 2.75) is 65.5 Å². The van der Waals surface area contributed by atoms with Gasteiger partial charge in [-0.1, -0.05) is 45.9 Å². The van der Waals surface area contributed by atoms with Gasteiger partial charge in [-0.15, -0.1) is 0 Å². The zero-order valence-corrected chi connectivity index (χ0v) is 19.5. The van der Waals surface area contributed by atoms with Gasteiger partial charge in [-0.05, 0) is 36.3 Å². The average Bonchev–Trinajstić information content (AvgIpc) is 3.16. The Balaban J connectivity index is 0.000000654. The van der Waals surface area contributed by atoms with E-state index in [2.05, 4.69) is 49.0 Å². The van der Waals surface area contributed by atoms with Crippen LogP contribution in [0.3, 0.4) is 0 Å². The van der Waals surface area contributed by atoms with Gasteiger partial charge in [-0.2, -0.15) is 5.26 Å². The number of carbonyl (C=O) groups is 3. The standard InChI is InChI=1S/C19H23N5O3.C5H12/c20-10-14(8-13-5-3-7-21-18(13)26)23-17(25)11-22-19(27)16-9-12-4-1-2-6-15(12)24-16;1-5(2,3)4/h1-2,4,6,13-14,16,24H,3,5,7-9,11H2,(H,21,26)(H,22,27)(H,23,25);1-4H3/t13-,14-,16?;/m0./s1. The number of rotatable bonds is 6. The van der Waals surface area contributed by atoms with Crippen LogP contribution in [0.4, 0.5) is 5.69 Å². The van der Waals surface area contributed by atoms with Crippen LogP contribution in [0.25, 0.3) is 0 Å². The van der Waals surface area contributed by atoms with Gasteiger partial charge in [0.1, 0.15) is 12.1 Å². The van der Waals surface area contributed by atoms with Gasteiger partial charge in [0.15, 0.2) is 0 Å². The van der Waals surface area contributed by atoms with Crippen molar-refractivity contribution in [3.8, 4) is 6.07 Å². The average molecular weight is 442 g/mol. The fourth-order valence-corrected chi connectivity index (χ4v) is 3.48. The number of hydrogen-bond acceptors (Lipinski definition) is 5. The fraction of sp³-hybridized carbons (Fsp3) is 0.583. The van der Waals surface area contributed by atoms with E-state index in [1.165, 1.54) is 0 Å². The normalized spacial score (nSPS) is 20.3. The van der Waals surface area contributed by atoms with E-state index < -0.39 is 18.0 Å². The van der Waals surface area contributed by atoms with Gasteiger partial charge in [-0.3, -0.25) is 14.4 Å². The minimum absolute atomic E-state index is 0.0732. The van der Waals surface area contributed by atoms with E-state index in [9.17, 15) is 19.6 Å². The number of piperidine rings is 1. The summed E-state index contributed by atoms with van der Waals surface area (Å²) in [6, 6.07) is 8.54. The Hall–Kier alpha value is -3.08. The van der Waals surface area contributed by atoms with Crippen molar-refractivity contribution in [1.82, 2.24) is 16.0 Å². The number of nitriles is 1. The lowest BCUT2D eigenvalue weighted by molar-refractivity contribution is -0.128. The molecule has 0 aromatic heterocycles. The Bertz CT molecular complexity index is 825. The molecular weight excluding hydrogens is 406 g/mol. The zero-order valence-electron chi connectivity index (χ0n) is 19.5. The van der Waals surface area contributed by atoms with E-state index in [-0.39, 0.29) is 30.7 Å². The first-order chi connectivity index (χ1) is 15.1. The molecule has 1 aromatic carbocycles. The summed E-state index contributed by atoms with van der Waals surface area (Å²) < 4.78 is 0. The maximum Gasteiger partial charge on any atom is 0.243 e. The van der Waals surface area contributed by atoms with Gasteiger partial charge in [0.05, 0.1) is 12.6 Å². The molecule has 2 heterocycles. The van der Waals surface area contributed by atoms with Crippen molar-refractivity contribution >= 4 is 23.4 Å². The molecule has 1 unspecified atom stereocenters. The maximum atomic E-state index is 12.3. The number of anilines is 1. The molecule has 1 aromatic rings. The van der Waals surface area contributed by atoms with Crippen molar-refractivity contribution in [3.05, 3.63) is 29.8 Å². The second-order valence-electron chi connectivity index (χ2n) is 9.89. The molecule has 0 saturated carbocycles. The number of nitrogens with one attached hydrogen (secondary N) is 4. The van der Waals surface area contributed by atoms with Crippen molar-refractivity contribution in [2.75, 3.05) is 18.4 Å². The molecule has 8 nitrogen and oxygen atoms in total. The lowest BCUT2D eigenvalue weighted by Gasteiger charge is -2.23. The summed E-state index contributed by atoms with van der Waals surface area (Å²) in [7, 11) is 0. The highest BCUT2D eigenvalue weighted by atomic mass is 16.2. The first-order valence-corrected chi connectivity index (χ1v) is 11.2. The zero-order chi connectivity index (χ0) is 23.7. The van der Waals surface area contributed by atoms with Gasteiger partial charge >= 0.3 is 0 Å².